The lowest BCUT2D eigenvalue weighted by atomic mass is 10.2. The van der Waals surface area contributed by atoms with Crippen molar-refractivity contribution >= 4 is 27.3 Å². The van der Waals surface area contributed by atoms with Crippen LogP contribution in [0.1, 0.15) is 15.2 Å². The highest BCUT2D eigenvalue weighted by molar-refractivity contribution is 7.20. The van der Waals surface area contributed by atoms with E-state index in [1.54, 1.807) is 24.1 Å². The van der Waals surface area contributed by atoms with Gasteiger partial charge in [0.2, 0.25) is 0 Å². The van der Waals surface area contributed by atoms with Crippen LogP contribution >= 0.6 is 11.3 Å². The number of ether oxygens (including phenoxy) is 2. The van der Waals surface area contributed by atoms with Crippen LogP contribution in [-0.4, -0.2) is 31.1 Å². The molecule has 0 fully saturated rings. The van der Waals surface area contributed by atoms with E-state index in [1.165, 1.54) is 17.4 Å². The molecule has 0 unspecified atom stereocenters. The van der Waals surface area contributed by atoms with Crippen molar-refractivity contribution < 1.29 is 18.7 Å². The smallest absolute Gasteiger partial charge is 0.264 e. The summed E-state index contributed by atoms with van der Waals surface area (Å²) in [7, 11) is 1.74. The molecule has 1 aliphatic rings. The third kappa shape index (κ3) is 3.05. The minimum absolute atomic E-state index is 0.129. The van der Waals surface area contributed by atoms with Gasteiger partial charge in [-0.15, -0.1) is 11.3 Å². The normalized spacial score (nSPS) is 13.0. The standard InChI is InChI=1S/C19H16FNO3S/c1-21(11-12-5-6-15-16(9-12)24-8-7-23-15)19(22)18-10-13-14(20)3-2-4-17(13)25-18/h2-6,9-10H,7-8,11H2,1H3. The molecule has 0 spiro atoms. The Morgan fingerprint density at radius 3 is 2.76 bits per heavy atom. The lowest BCUT2D eigenvalue weighted by molar-refractivity contribution is 0.0789. The predicted octanol–water partition coefficient (Wildman–Crippen LogP) is 4.08. The molecule has 0 radical (unpaired) electrons. The highest BCUT2D eigenvalue weighted by Gasteiger charge is 2.18. The molecule has 4 rings (SSSR count). The van der Waals surface area contributed by atoms with Gasteiger partial charge in [-0.3, -0.25) is 4.79 Å². The Kier molecular flexibility index (Phi) is 4.05. The first kappa shape index (κ1) is 15.9. The van der Waals surface area contributed by atoms with Crippen molar-refractivity contribution in [1.82, 2.24) is 4.90 Å². The van der Waals surface area contributed by atoms with Crippen molar-refractivity contribution in [2.24, 2.45) is 0 Å². The zero-order valence-corrected chi connectivity index (χ0v) is 14.4. The average molecular weight is 357 g/mol. The molecule has 0 saturated carbocycles. The van der Waals surface area contributed by atoms with Crippen LogP contribution in [0.5, 0.6) is 11.5 Å². The molecule has 0 aliphatic carbocycles. The molecular weight excluding hydrogens is 341 g/mol. The highest BCUT2D eigenvalue weighted by atomic mass is 32.1. The fraction of sp³-hybridized carbons (Fsp3) is 0.211. The summed E-state index contributed by atoms with van der Waals surface area (Å²) in [5.41, 5.74) is 0.951. The number of halogens is 1. The molecule has 0 saturated heterocycles. The third-order valence-corrected chi connectivity index (χ3v) is 5.18. The SMILES string of the molecule is CN(Cc1ccc2c(c1)OCCO2)C(=O)c1cc2c(F)cccc2s1. The Morgan fingerprint density at radius 1 is 1.16 bits per heavy atom. The molecule has 128 valence electrons. The topological polar surface area (TPSA) is 38.8 Å². The van der Waals surface area contributed by atoms with Crippen molar-refractivity contribution in [2.45, 2.75) is 6.54 Å². The van der Waals surface area contributed by atoms with Crippen LogP contribution in [0.3, 0.4) is 0 Å². The maximum Gasteiger partial charge on any atom is 0.264 e. The summed E-state index contributed by atoms with van der Waals surface area (Å²) in [6, 6.07) is 12.2. The van der Waals surface area contributed by atoms with E-state index >= 15 is 0 Å². The van der Waals surface area contributed by atoms with E-state index in [1.807, 2.05) is 24.3 Å². The van der Waals surface area contributed by atoms with Gasteiger partial charge in [-0.25, -0.2) is 4.39 Å². The number of carbonyl (C=O) groups excluding carboxylic acids is 1. The molecule has 1 aromatic heterocycles. The first-order valence-corrected chi connectivity index (χ1v) is 8.75. The molecule has 4 nitrogen and oxygen atoms in total. The van der Waals surface area contributed by atoms with Gasteiger partial charge in [0.15, 0.2) is 11.5 Å². The zero-order chi connectivity index (χ0) is 17.4. The molecule has 2 heterocycles. The maximum atomic E-state index is 13.8. The molecular formula is C19H16FNO3S. The van der Waals surface area contributed by atoms with Gasteiger partial charge >= 0.3 is 0 Å². The fourth-order valence-electron chi connectivity index (χ4n) is 2.85. The Hall–Kier alpha value is -2.60. The second-order valence-electron chi connectivity index (χ2n) is 5.90. The molecule has 3 aromatic rings. The Balaban J connectivity index is 1.54. The van der Waals surface area contributed by atoms with E-state index in [-0.39, 0.29) is 11.7 Å². The van der Waals surface area contributed by atoms with Crippen LogP contribution in [0, 0.1) is 5.82 Å². The number of thiophene rings is 1. The molecule has 0 N–H and O–H groups in total. The van der Waals surface area contributed by atoms with Gasteiger partial charge in [0.1, 0.15) is 19.0 Å². The number of amides is 1. The van der Waals surface area contributed by atoms with Gasteiger partial charge in [0, 0.05) is 23.7 Å². The monoisotopic (exact) mass is 357 g/mol. The number of carbonyl (C=O) groups is 1. The number of hydrogen-bond donors (Lipinski definition) is 0. The quantitative estimate of drug-likeness (QED) is 0.709. The number of rotatable bonds is 3. The zero-order valence-electron chi connectivity index (χ0n) is 13.6. The molecule has 1 amide bonds. The van der Waals surface area contributed by atoms with Gasteiger partial charge in [-0.1, -0.05) is 12.1 Å². The second-order valence-corrected chi connectivity index (χ2v) is 6.99. The largest absolute Gasteiger partial charge is 0.486 e. The molecule has 6 heteroatoms. The van der Waals surface area contributed by atoms with Crippen molar-refractivity contribution in [3.05, 3.63) is 58.7 Å². The van der Waals surface area contributed by atoms with E-state index in [0.29, 0.717) is 35.8 Å². The van der Waals surface area contributed by atoms with E-state index in [2.05, 4.69) is 0 Å². The summed E-state index contributed by atoms with van der Waals surface area (Å²) in [4.78, 5) is 14.8. The molecule has 0 bridgehead atoms. The first-order chi connectivity index (χ1) is 12.1. The molecule has 25 heavy (non-hydrogen) atoms. The molecule has 2 aromatic carbocycles. The average Bonchev–Trinajstić information content (AvgIpc) is 3.06. The molecule has 0 atom stereocenters. The van der Waals surface area contributed by atoms with E-state index in [9.17, 15) is 9.18 Å². The lowest BCUT2D eigenvalue weighted by Gasteiger charge is -2.21. The highest BCUT2D eigenvalue weighted by Crippen LogP contribution is 2.32. The van der Waals surface area contributed by atoms with E-state index < -0.39 is 0 Å². The van der Waals surface area contributed by atoms with Gasteiger partial charge in [0.05, 0.1) is 4.88 Å². The Bertz CT molecular complexity index is 953. The fourth-order valence-corrected chi connectivity index (χ4v) is 3.92. The molecule has 1 aliphatic heterocycles. The predicted molar refractivity (Wildman–Crippen MR) is 95.0 cm³/mol. The van der Waals surface area contributed by atoms with E-state index in [0.717, 1.165) is 16.0 Å². The van der Waals surface area contributed by atoms with Crippen LogP contribution in [0.4, 0.5) is 4.39 Å². The van der Waals surface area contributed by atoms with Crippen molar-refractivity contribution in [2.75, 3.05) is 20.3 Å². The first-order valence-electron chi connectivity index (χ1n) is 7.94. The summed E-state index contributed by atoms with van der Waals surface area (Å²) < 4.78 is 25.7. The third-order valence-electron chi connectivity index (χ3n) is 4.09. The maximum absolute atomic E-state index is 13.8. The summed E-state index contributed by atoms with van der Waals surface area (Å²) in [6.45, 7) is 1.51. The summed E-state index contributed by atoms with van der Waals surface area (Å²) in [5, 5.41) is 0.489. The lowest BCUT2D eigenvalue weighted by Crippen LogP contribution is -2.25. The van der Waals surface area contributed by atoms with Gasteiger partial charge in [-0.05, 0) is 35.9 Å². The van der Waals surface area contributed by atoms with Crippen LogP contribution in [0.2, 0.25) is 0 Å². The minimum atomic E-state index is -0.303. The summed E-state index contributed by atoms with van der Waals surface area (Å²) >= 11 is 1.31. The van der Waals surface area contributed by atoms with Crippen LogP contribution in [-0.2, 0) is 6.54 Å². The van der Waals surface area contributed by atoms with Crippen molar-refractivity contribution in [1.29, 1.82) is 0 Å². The Morgan fingerprint density at radius 2 is 1.96 bits per heavy atom. The van der Waals surface area contributed by atoms with Gasteiger partial charge in [0.25, 0.3) is 5.91 Å². The van der Waals surface area contributed by atoms with Crippen LogP contribution in [0.15, 0.2) is 42.5 Å². The van der Waals surface area contributed by atoms with E-state index in [4.69, 9.17) is 9.47 Å². The number of benzene rings is 2. The number of fused-ring (bicyclic) bond motifs is 2. The second kappa shape index (κ2) is 6.37. The number of hydrogen-bond acceptors (Lipinski definition) is 4. The number of nitrogens with zero attached hydrogens (tertiary/aromatic N) is 1. The summed E-state index contributed by atoms with van der Waals surface area (Å²) in [6.07, 6.45) is 0. The minimum Gasteiger partial charge on any atom is -0.486 e. The van der Waals surface area contributed by atoms with Crippen molar-refractivity contribution in [3.8, 4) is 11.5 Å². The van der Waals surface area contributed by atoms with Crippen molar-refractivity contribution in [3.63, 3.8) is 0 Å². The van der Waals surface area contributed by atoms with Gasteiger partial charge in [-0.2, -0.15) is 0 Å². The van der Waals surface area contributed by atoms with Gasteiger partial charge < -0.3 is 14.4 Å². The van der Waals surface area contributed by atoms with Crippen LogP contribution in [0.25, 0.3) is 10.1 Å². The summed E-state index contributed by atoms with van der Waals surface area (Å²) in [5.74, 6) is 0.996. The van der Waals surface area contributed by atoms with Crippen LogP contribution < -0.4 is 9.47 Å². The Labute approximate surface area is 148 Å².